The van der Waals surface area contributed by atoms with Gasteiger partial charge in [0.15, 0.2) is 5.78 Å². The molecule has 0 aliphatic rings. The van der Waals surface area contributed by atoms with Gasteiger partial charge >= 0.3 is 0 Å². The van der Waals surface area contributed by atoms with Crippen molar-refractivity contribution in [2.75, 3.05) is 0 Å². The van der Waals surface area contributed by atoms with E-state index in [1.807, 2.05) is 47.9 Å². The third-order valence-corrected chi connectivity index (χ3v) is 4.56. The number of aromatic nitrogens is 2. The van der Waals surface area contributed by atoms with E-state index in [2.05, 4.69) is 35.9 Å². The maximum Gasteiger partial charge on any atom is 0.159 e. The Hall–Kier alpha value is -3.47. The molecule has 1 atom stereocenters. The number of aliphatic imine (C=N–C) groups is 1. The Morgan fingerprint density at radius 1 is 1.25 bits per heavy atom. The van der Waals surface area contributed by atoms with Gasteiger partial charge < -0.3 is 5.32 Å². The second-order valence-electron chi connectivity index (χ2n) is 6.50. The minimum atomic E-state index is 0.0132. The molecule has 0 radical (unpaired) electrons. The third kappa shape index (κ3) is 4.09. The Labute approximate surface area is 165 Å². The predicted molar refractivity (Wildman–Crippen MR) is 115 cm³/mol. The zero-order valence-corrected chi connectivity index (χ0v) is 16.4. The molecule has 5 nitrogen and oxygen atoms in total. The highest BCUT2D eigenvalue weighted by molar-refractivity contribution is 6.03. The predicted octanol–water partition coefficient (Wildman–Crippen LogP) is 4.88. The summed E-state index contributed by atoms with van der Waals surface area (Å²) in [5.74, 6) is 1.37. The van der Waals surface area contributed by atoms with Crippen molar-refractivity contribution < 1.29 is 4.79 Å². The molecule has 0 aliphatic carbocycles. The average molecular weight is 372 g/mol. The number of carbonyl (C=O) groups is 1. The molecule has 0 saturated carbocycles. The van der Waals surface area contributed by atoms with Gasteiger partial charge in [0.05, 0.1) is 11.0 Å². The number of imidazole rings is 1. The van der Waals surface area contributed by atoms with Crippen LogP contribution in [0.4, 0.5) is 0 Å². The number of ketones is 1. The highest BCUT2D eigenvalue weighted by Gasteiger charge is 2.11. The van der Waals surface area contributed by atoms with Crippen molar-refractivity contribution in [2.24, 2.45) is 4.99 Å². The van der Waals surface area contributed by atoms with Crippen LogP contribution in [-0.4, -0.2) is 21.2 Å². The zero-order valence-electron chi connectivity index (χ0n) is 16.4. The first-order valence-electron chi connectivity index (χ1n) is 9.20. The van der Waals surface area contributed by atoms with Crippen molar-refractivity contribution in [1.29, 1.82) is 0 Å². The number of allylic oxidation sites excluding steroid dienone is 2. The van der Waals surface area contributed by atoms with Crippen LogP contribution in [0.1, 0.15) is 42.7 Å². The first kappa shape index (κ1) is 19.3. The van der Waals surface area contributed by atoms with Gasteiger partial charge in [0.2, 0.25) is 0 Å². The highest BCUT2D eigenvalue weighted by Crippen LogP contribution is 2.17. The van der Waals surface area contributed by atoms with Gasteiger partial charge in [-0.15, -0.1) is 0 Å². The van der Waals surface area contributed by atoms with Crippen LogP contribution in [-0.2, 0) is 0 Å². The highest BCUT2D eigenvalue weighted by atomic mass is 16.1. The summed E-state index contributed by atoms with van der Waals surface area (Å²) in [6.07, 6.45) is 5.30. The number of rotatable bonds is 6. The van der Waals surface area contributed by atoms with Crippen LogP contribution in [0.5, 0.6) is 0 Å². The van der Waals surface area contributed by atoms with Crippen LogP contribution < -0.4 is 5.32 Å². The molecular weight excluding hydrogens is 348 g/mol. The van der Waals surface area contributed by atoms with Gasteiger partial charge in [-0.2, -0.15) is 0 Å². The number of benzene rings is 2. The second kappa shape index (κ2) is 8.48. The monoisotopic (exact) mass is 372 g/mol. The molecule has 5 heteroatoms. The first-order valence-corrected chi connectivity index (χ1v) is 9.20. The second-order valence-corrected chi connectivity index (χ2v) is 6.50. The van der Waals surface area contributed by atoms with E-state index in [1.54, 1.807) is 25.4 Å². The van der Waals surface area contributed by atoms with Crippen molar-refractivity contribution in [2.45, 2.75) is 26.8 Å². The number of hydrogen-bond acceptors (Lipinski definition) is 4. The molecule has 0 bridgehead atoms. The normalized spacial score (nSPS) is 13.4. The summed E-state index contributed by atoms with van der Waals surface area (Å²) < 4.78 is 1.84. The van der Waals surface area contributed by atoms with E-state index in [-0.39, 0.29) is 11.8 Å². The Balaban J connectivity index is 1.94. The number of nitrogens with zero attached hydrogens (tertiary/aromatic N) is 3. The van der Waals surface area contributed by atoms with E-state index in [9.17, 15) is 4.79 Å². The fourth-order valence-corrected chi connectivity index (χ4v) is 2.96. The van der Waals surface area contributed by atoms with Crippen molar-refractivity contribution in [3.8, 4) is 0 Å². The molecule has 1 unspecified atom stereocenters. The minimum absolute atomic E-state index is 0.0132. The molecule has 3 aromatic rings. The lowest BCUT2D eigenvalue weighted by Gasteiger charge is -2.16. The summed E-state index contributed by atoms with van der Waals surface area (Å²) in [5, 5.41) is 3.43. The Kier molecular flexibility index (Phi) is 5.84. The van der Waals surface area contributed by atoms with E-state index in [4.69, 9.17) is 4.99 Å². The number of Topliss-reactive ketones (excluding diaryl/α,β-unsaturated/α-hetero) is 1. The number of carbonyl (C=O) groups excluding carboxylic acids is 1. The molecule has 1 heterocycles. The number of hydrogen-bond donors (Lipinski definition) is 1. The Bertz CT molecular complexity index is 1060. The quantitative estimate of drug-likeness (QED) is 0.381. The van der Waals surface area contributed by atoms with Crippen molar-refractivity contribution in [3.63, 3.8) is 0 Å². The summed E-state index contributed by atoms with van der Waals surface area (Å²) >= 11 is 0. The maximum absolute atomic E-state index is 11.7. The molecule has 1 N–H and O–H groups in total. The van der Waals surface area contributed by atoms with E-state index < -0.39 is 0 Å². The SMILES string of the molecule is C=C/C(=N\C(=C/C)NC(C)c1ccccc1)n1cnc2ccc(C(C)=O)cc21. The Morgan fingerprint density at radius 2 is 2.00 bits per heavy atom. The molecule has 1 aromatic heterocycles. The molecule has 28 heavy (non-hydrogen) atoms. The lowest BCUT2D eigenvalue weighted by Crippen LogP contribution is -2.19. The topological polar surface area (TPSA) is 59.3 Å². The minimum Gasteiger partial charge on any atom is -0.364 e. The number of nitrogens with one attached hydrogen (secondary N) is 1. The van der Waals surface area contributed by atoms with Gasteiger partial charge in [0, 0.05) is 11.6 Å². The van der Waals surface area contributed by atoms with Crippen molar-refractivity contribution in [3.05, 3.63) is 90.5 Å². The first-order chi connectivity index (χ1) is 13.5. The van der Waals surface area contributed by atoms with Gasteiger partial charge in [-0.25, -0.2) is 9.98 Å². The lowest BCUT2D eigenvalue weighted by molar-refractivity contribution is 0.101. The van der Waals surface area contributed by atoms with Crippen LogP contribution in [0.25, 0.3) is 11.0 Å². The molecule has 0 amide bonds. The van der Waals surface area contributed by atoms with Gasteiger partial charge in [0.1, 0.15) is 18.0 Å². The van der Waals surface area contributed by atoms with E-state index in [1.165, 1.54) is 5.56 Å². The average Bonchev–Trinajstić information content (AvgIpc) is 3.14. The van der Waals surface area contributed by atoms with E-state index in [0.717, 1.165) is 16.9 Å². The molecule has 142 valence electrons. The molecule has 0 spiro atoms. The van der Waals surface area contributed by atoms with Crippen molar-refractivity contribution >= 4 is 22.7 Å². The standard InChI is InChI=1S/C23H24N4O/c1-5-22(25-16(3)18-10-8-7-9-11-18)26-23(6-2)27-15-24-20-13-12-19(17(4)28)14-21(20)27/h5-16,25H,2H2,1,3-4H3/b22-5-,26-23+. The van der Waals surface area contributed by atoms with Gasteiger partial charge in [-0.3, -0.25) is 9.36 Å². The fourth-order valence-electron chi connectivity index (χ4n) is 2.96. The largest absolute Gasteiger partial charge is 0.364 e. The molecule has 0 fully saturated rings. The van der Waals surface area contributed by atoms with Crippen LogP contribution in [0.2, 0.25) is 0 Å². The van der Waals surface area contributed by atoms with E-state index >= 15 is 0 Å². The van der Waals surface area contributed by atoms with E-state index in [0.29, 0.717) is 11.4 Å². The Morgan fingerprint density at radius 3 is 2.64 bits per heavy atom. The zero-order chi connectivity index (χ0) is 20.1. The molecule has 0 saturated heterocycles. The fraction of sp³-hybridized carbons (Fsp3) is 0.174. The summed E-state index contributed by atoms with van der Waals surface area (Å²) in [4.78, 5) is 20.9. The summed E-state index contributed by atoms with van der Waals surface area (Å²) in [5.41, 5.74) is 3.43. The van der Waals surface area contributed by atoms with Gasteiger partial charge in [-0.1, -0.05) is 36.9 Å². The third-order valence-electron chi connectivity index (χ3n) is 4.56. The van der Waals surface area contributed by atoms with Crippen LogP contribution in [0.3, 0.4) is 0 Å². The summed E-state index contributed by atoms with van der Waals surface area (Å²) in [7, 11) is 0. The molecule has 0 aliphatic heterocycles. The smallest absolute Gasteiger partial charge is 0.159 e. The number of fused-ring (bicyclic) bond motifs is 1. The lowest BCUT2D eigenvalue weighted by atomic mass is 10.1. The van der Waals surface area contributed by atoms with Crippen LogP contribution >= 0.6 is 0 Å². The summed E-state index contributed by atoms with van der Waals surface area (Å²) in [6, 6.07) is 15.8. The van der Waals surface area contributed by atoms with Gasteiger partial charge in [-0.05, 0) is 56.7 Å². The molecule has 3 rings (SSSR count). The summed E-state index contributed by atoms with van der Waals surface area (Å²) in [6.45, 7) is 9.48. The molecular formula is C23H24N4O. The van der Waals surface area contributed by atoms with Crippen LogP contribution in [0.15, 0.2) is 84.4 Å². The van der Waals surface area contributed by atoms with Gasteiger partial charge in [0.25, 0.3) is 0 Å². The van der Waals surface area contributed by atoms with Crippen LogP contribution in [0, 0.1) is 0 Å². The molecule has 2 aromatic carbocycles. The maximum atomic E-state index is 11.7. The van der Waals surface area contributed by atoms with Crippen molar-refractivity contribution in [1.82, 2.24) is 14.9 Å².